The monoisotopic (exact) mass is 281 g/mol. The molecule has 3 aromatic rings. The molecule has 5 nitrogen and oxygen atoms in total. The summed E-state index contributed by atoms with van der Waals surface area (Å²) in [5.41, 5.74) is 3.29. The van der Waals surface area contributed by atoms with Crippen LogP contribution in [-0.2, 0) is 13.1 Å². The Hall–Kier alpha value is -2.40. The first-order valence-electron chi connectivity index (χ1n) is 7.15. The highest BCUT2D eigenvalue weighted by Crippen LogP contribution is 2.09. The summed E-state index contributed by atoms with van der Waals surface area (Å²) in [6, 6.07) is 10.1. The second-order valence-corrected chi connectivity index (χ2v) is 4.95. The number of hydrogen-bond acceptors (Lipinski definition) is 3. The number of rotatable bonds is 6. The molecule has 5 heteroatoms. The molecule has 3 rings (SSSR count). The van der Waals surface area contributed by atoms with Crippen LogP contribution >= 0.6 is 0 Å². The maximum atomic E-state index is 4.41. The number of aromatic nitrogens is 4. The second kappa shape index (κ2) is 6.37. The molecule has 1 aromatic carbocycles. The molecule has 0 atom stereocenters. The van der Waals surface area contributed by atoms with Crippen molar-refractivity contribution in [3.05, 3.63) is 66.5 Å². The number of hydrogen-bond donors (Lipinski definition) is 1. The lowest BCUT2D eigenvalue weighted by Crippen LogP contribution is -2.11. The van der Waals surface area contributed by atoms with E-state index in [1.54, 1.807) is 0 Å². The van der Waals surface area contributed by atoms with Crippen LogP contribution in [0.1, 0.15) is 18.2 Å². The van der Waals surface area contributed by atoms with Crippen molar-refractivity contribution in [2.45, 2.75) is 20.0 Å². The van der Waals surface area contributed by atoms with Gasteiger partial charge in [-0.2, -0.15) is 5.10 Å². The van der Waals surface area contributed by atoms with Crippen molar-refractivity contribution in [2.75, 3.05) is 6.54 Å². The molecule has 21 heavy (non-hydrogen) atoms. The van der Waals surface area contributed by atoms with Crippen molar-refractivity contribution in [2.24, 2.45) is 0 Å². The Morgan fingerprint density at radius 3 is 2.81 bits per heavy atom. The molecular formula is C16H19N5. The molecule has 0 aliphatic carbocycles. The Morgan fingerprint density at radius 1 is 1.14 bits per heavy atom. The minimum absolute atomic E-state index is 0.784. The lowest BCUT2D eigenvalue weighted by Gasteiger charge is -2.00. The Balaban J connectivity index is 1.68. The average Bonchev–Trinajstić information content (AvgIpc) is 3.16. The smallest absolute Gasteiger partial charge is 0.0953 e. The predicted octanol–water partition coefficient (Wildman–Crippen LogP) is 2.23. The number of imidazole rings is 1. The molecule has 0 aliphatic heterocycles. The number of benzene rings is 1. The highest BCUT2D eigenvalue weighted by Gasteiger charge is 2.03. The van der Waals surface area contributed by atoms with E-state index < -0.39 is 0 Å². The van der Waals surface area contributed by atoms with E-state index in [9.17, 15) is 0 Å². The van der Waals surface area contributed by atoms with Gasteiger partial charge in [0.25, 0.3) is 0 Å². The second-order valence-electron chi connectivity index (χ2n) is 4.95. The van der Waals surface area contributed by atoms with E-state index in [2.05, 4.69) is 39.3 Å². The van der Waals surface area contributed by atoms with Crippen LogP contribution < -0.4 is 5.32 Å². The quantitative estimate of drug-likeness (QED) is 0.753. The molecule has 1 N–H and O–H groups in total. The first-order chi connectivity index (χ1) is 10.3. The third-order valence-corrected chi connectivity index (χ3v) is 3.26. The highest BCUT2D eigenvalue weighted by atomic mass is 15.3. The molecule has 0 spiro atoms. The molecule has 0 radical (unpaired) electrons. The van der Waals surface area contributed by atoms with Crippen molar-refractivity contribution >= 4 is 0 Å². The van der Waals surface area contributed by atoms with Crippen molar-refractivity contribution in [1.82, 2.24) is 24.6 Å². The Kier molecular flexibility index (Phi) is 4.12. The number of para-hydroxylation sites is 1. The normalized spacial score (nSPS) is 10.9. The van der Waals surface area contributed by atoms with E-state index in [1.165, 1.54) is 0 Å². The van der Waals surface area contributed by atoms with Gasteiger partial charge in [0.05, 0.1) is 30.5 Å². The van der Waals surface area contributed by atoms with E-state index >= 15 is 0 Å². The van der Waals surface area contributed by atoms with Crippen molar-refractivity contribution in [3.63, 3.8) is 0 Å². The van der Waals surface area contributed by atoms with E-state index in [1.807, 2.05) is 47.5 Å². The molecule has 0 fully saturated rings. The Labute approximate surface area is 124 Å². The largest absolute Gasteiger partial charge is 0.333 e. The average molecular weight is 281 g/mol. The molecule has 0 bridgehead atoms. The SMILES string of the molecule is CCNCc1cn(Cc2cnn(-c3ccccc3)c2)cn1. The van der Waals surface area contributed by atoms with Crippen molar-refractivity contribution in [1.29, 1.82) is 0 Å². The molecule has 108 valence electrons. The fourth-order valence-electron chi connectivity index (χ4n) is 2.21. The summed E-state index contributed by atoms with van der Waals surface area (Å²) in [6.07, 6.45) is 7.89. The zero-order valence-corrected chi connectivity index (χ0v) is 12.1. The topological polar surface area (TPSA) is 47.7 Å². The molecule has 0 unspecified atom stereocenters. The molecule has 0 amide bonds. The summed E-state index contributed by atoms with van der Waals surface area (Å²) in [5.74, 6) is 0. The summed E-state index contributed by atoms with van der Waals surface area (Å²) in [7, 11) is 0. The van der Waals surface area contributed by atoms with Crippen LogP contribution in [0.15, 0.2) is 55.2 Å². The predicted molar refractivity (Wildman–Crippen MR) is 82.3 cm³/mol. The number of nitrogens with zero attached hydrogens (tertiary/aromatic N) is 4. The van der Waals surface area contributed by atoms with E-state index in [0.29, 0.717) is 0 Å². The first-order valence-corrected chi connectivity index (χ1v) is 7.15. The van der Waals surface area contributed by atoms with Crippen LogP contribution in [-0.4, -0.2) is 25.9 Å². The lowest BCUT2D eigenvalue weighted by atomic mass is 10.3. The Bertz CT molecular complexity index is 684. The van der Waals surface area contributed by atoms with Gasteiger partial charge < -0.3 is 9.88 Å². The van der Waals surface area contributed by atoms with E-state index in [0.717, 1.165) is 36.6 Å². The maximum absolute atomic E-state index is 4.41. The van der Waals surface area contributed by atoms with Crippen LogP contribution in [0.4, 0.5) is 0 Å². The Morgan fingerprint density at radius 2 is 2.00 bits per heavy atom. The van der Waals surface area contributed by atoms with Crippen LogP contribution in [0.5, 0.6) is 0 Å². The fraction of sp³-hybridized carbons (Fsp3) is 0.250. The molecule has 0 aliphatic rings. The first kappa shape index (κ1) is 13.6. The third-order valence-electron chi connectivity index (χ3n) is 3.26. The van der Waals surface area contributed by atoms with Gasteiger partial charge in [-0.05, 0) is 18.7 Å². The molecule has 0 saturated carbocycles. The molecular weight excluding hydrogens is 262 g/mol. The van der Waals surface area contributed by atoms with Gasteiger partial charge in [0.15, 0.2) is 0 Å². The summed E-state index contributed by atoms with van der Waals surface area (Å²) in [4.78, 5) is 4.39. The third kappa shape index (κ3) is 3.38. The van der Waals surface area contributed by atoms with E-state index in [4.69, 9.17) is 0 Å². The summed E-state index contributed by atoms with van der Waals surface area (Å²) in [6.45, 7) is 4.64. The number of nitrogens with one attached hydrogen (secondary N) is 1. The van der Waals surface area contributed by atoms with Gasteiger partial charge in [0.1, 0.15) is 0 Å². The highest BCUT2D eigenvalue weighted by molar-refractivity contribution is 5.30. The summed E-state index contributed by atoms with van der Waals surface area (Å²) >= 11 is 0. The van der Waals surface area contributed by atoms with Crippen LogP contribution in [0, 0.1) is 0 Å². The fourth-order valence-corrected chi connectivity index (χ4v) is 2.21. The summed E-state index contributed by atoms with van der Waals surface area (Å²) < 4.78 is 3.98. The van der Waals surface area contributed by atoms with Crippen LogP contribution in [0.2, 0.25) is 0 Å². The molecule has 0 saturated heterocycles. The lowest BCUT2D eigenvalue weighted by molar-refractivity contribution is 0.712. The zero-order valence-electron chi connectivity index (χ0n) is 12.1. The van der Waals surface area contributed by atoms with Crippen LogP contribution in [0.3, 0.4) is 0 Å². The molecule has 2 aromatic heterocycles. The minimum atomic E-state index is 0.784. The van der Waals surface area contributed by atoms with Gasteiger partial charge in [-0.1, -0.05) is 25.1 Å². The summed E-state index contributed by atoms with van der Waals surface area (Å²) in [5, 5.41) is 7.68. The minimum Gasteiger partial charge on any atom is -0.333 e. The van der Waals surface area contributed by atoms with Gasteiger partial charge in [-0.15, -0.1) is 0 Å². The van der Waals surface area contributed by atoms with Crippen molar-refractivity contribution < 1.29 is 0 Å². The van der Waals surface area contributed by atoms with Gasteiger partial charge in [-0.25, -0.2) is 9.67 Å². The van der Waals surface area contributed by atoms with Gasteiger partial charge in [-0.3, -0.25) is 0 Å². The van der Waals surface area contributed by atoms with Crippen LogP contribution in [0.25, 0.3) is 5.69 Å². The van der Waals surface area contributed by atoms with Gasteiger partial charge in [0, 0.05) is 24.5 Å². The van der Waals surface area contributed by atoms with Crippen molar-refractivity contribution in [3.8, 4) is 5.69 Å². The standard InChI is InChI=1S/C16H19N5/c1-2-17-9-15-12-20(13-18-15)10-14-8-19-21(11-14)16-6-4-3-5-7-16/h3-8,11-13,17H,2,9-10H2,1H3. The van der Waals surface area contributed by atoms with E-state index in [-0.39, 0.29) is 0 Å². The van der Waals surface area contributed by atoms with Gasteiger partial charge >= 0.3 is 0 Å². The maximum Gasteiger partial charge on any atom is 0.0953 e. The molecule has 2 heterocycles. The zero-order chi connectivity index (χ0) is 14.5. The van der Waals surface area contributed by atoms with Gasteiger partial charge in [0.2, 0.25) is 0 Å².